The van der Waals surface area contributed by atoms with E-state index in [0.717, 1.165) is 0 Å². The zero-order chi connectivity index (χ0) is 31.0. The molecule has 1 heterocycles. The van der Waals surface area contributed by atoms with E-state index in [4.69, 9.17) is 5.73 Å². The molecule has 3 atom stereocenters. The van der Waals surface area contributed by atoms with Crippen molar-refractivity contribution in [2.24, 2.45) is 17.1 Å². The summed E-state index contributed by atoms with van der Waals surface area (Å²) in [7, 11) is 0. The molecule has 1 aromatic carbocycles. The summed E-state index contributed by atoms with van der Waals surface area (Å²) in [5.74, 6) is -3.22. The Bertz CT molecular complexity index is 1130. The van der Waals surface area contributed by atoms with Crippen molar-refractivity contribution in [1.29, 1.82) is 0 Å². The smallest absolute Gasteiger partial charge is 0.319 e. The molecule has 1 aliphatic rings. The highest BCUT2D eigenvalue weighted by Crippen LogP contribution is 2.26. The van der Waals surface area contributed by atoms with E-state index in [1.54, 1.807) is 52.0 Å². The molecule has 7 amide bonds. The molecule has 1 unspecified atom stereocenters. The van der Waals surface area contributed by atoms with Crippen LogP contribution in [-0.4, -0.2) is 77.7 Å². The molecular formula is C28H43N7O6. The molecule has 0 saturated carbocycles. The van der Waals surface area contributed by atoms with Crippen molar-refractivity contribution in [1.82, 2.24) is 26.2 Å². The van der Waals surface area contributed by atoms with Crippen LogP contribution in [0.2, 0.25) is 0 Å². The van der Waals surface area contributed by atoms with Crippen molar-refractivity contribution >= 4 is 41.3 Å². The van der Waals surface area contributed by atoms with Crippen LogP contribution in [0.5, 0.6) is 0 Å². The van der Waals surface area contributed by atoms with Gasteiger partial charge >= 0.3 is 12.1 Å². The van der Waals surface area contributed by atoms with Gasteiger partial charge in [0.15, 0.2) is 0 Å². The monoisotopic (exact) mass is 573 g/mol. The maximum atomic E-state index is 13.7. The zero-order valence-electron chi connectivity index (χ0n) is 24.6. The fraction of sp³-hybridized carbons (Fsp3) is 0.571. The summed E-state index contributed by atoms with van der Waals surface area (Å²) in [5.41, 5.74) is 3.98. The Kier molecular flexibility index (Phi) is 11.2. The second-order valence-corrected chi connectivity index (χ2v) is 11.8. The third-order valence-corrected chi connectivity index (χ3v) is 7.25. The van der Waals surface area contributed by atoms with Crippen LogP contribution < -0.4 is 32.3 Å². The first-order chi connectivity index (χ1) is 19.0. The lowest BCUT2D eigenvalue weighted by molar-refractivity contribution is -0.142. The highest BCUT2D eigenvalue weighted by Gasteiger charge is 2.42. The minimum atomic E-state index is -1.16. The second-order valence-electron chi connectivity index (χ2n) is 11.8. The number of benzene rings is 1. The summed E-state index contributed by atoms with van der Waals surface area (Å²) in [5, 5.41) is 13.6. The molecular weight excluding hydrogens is 530 g/mol. The Morgan fingerprint density at radius 3 is 2.17 bits per heavy atom. The van der Waals surface area contributed by atoms with E-state index in [-0.39, 0.29) is 12.5 Å². The summed E-state index contributed by atoms with van der Waals surface area (Å²) in [6.07, 6.45) is 0.923. The summed E-state index contributed by atoms with van der Waals surface area (Å²) in [4.78, 5) is 76.0. The van der Waals surface area contributed by atoms with Gasteiger partial charge < -0.3 is 37.2 Å². The minimum absolute atomic E-state index is 0.0937. The molecule has 1 aliphatic heterocycles. The van der Waals surface area contributed by atoms with Gasteiger partial charge in [0.1, 0.15) is 12.1 Å². The molecule has 13 nitrogen and oxygen atoms in total. The van der Waals surface area contributed by atoms with Crippen LogP contribution >= 0.6 is 0 Å². The van der Waals surface area contributed by atoms with E-state index in [9.17, 15) is 28.8 Å². The molecule has 0 bridgehead atoms. The Labute approximate surface area is 240 Å². The molecule has 0 aliphatic carbocycles. The van der Waals surface area contributed by atoms with Crippen molar-refractivity contribution in [2.45, 2.75) is 72.0 Å². The number of ketones is 1. The third kappa shape index (κ3) is 9.47. The largest absolute Gasteiger partial charge is 0.363 e. The number of likely N-dealkylation sites (tertiary alicyclic amines) is 1. The van der Waals surface area contributed by atoms with Crippen LogP contribution in [0.3, 0.4) is 0 Å². The highest BCUT2D eigenvalue weighted by atomic mass is 16.2. The predicted molar refractivity (Wildman–Crippen MR) is 154 cm³/mol. The average molecular weight is 574 g/mol. The number of para-hydroxylation sites is 1. The van der Waals surface area contributed by atoms with Crippen molar-refractivity contribution in [3.05, 3.63) is 30.3 Å². The van der Waals surface area contributed by atoms with Crippen LogP contribution in [0.1, 0.15) is 54.4 Å². The molecule has 7 N–H and O–H groups in total. The molecule has 1 aromatic rings. The van der Waals surface area contributed by atoms with Gasteiger partial charge in [0, 0.05) is 18.8 Å². The maximum absolute atomic E-state index is 13.7. The van der Waals surface area contributed by atoms with Crippen molar-refractivity contribution in [3.63, 3.8) is 0 Å². The molecule has 13 heteroatoms. The number of Topliss-reactive ketones (excluding diaryl/α,β-unsaturated/α-hetero) is 1. The number of carbonyl (C=O) groups is 6. The number of primary amides is 1. The van der Waals surface area contributed by atoms with Crippen LogP contribution in [0, 0.1) is 11.3 Å². The normalized spacial score (nSPS) is 17.1. The molecule has 0 aromatic heterocycles. The van der Waals surface area contributed by atoms with Gasteiger partial charge in [-0.1, -0.05) is 52.8 Å². The molecule has 1 saturated heterocycles. The fourth-order valence-electron chi connectivity index (χ4n) is 4.27. The number of nitrogens with one attached hydrogen (secondary N) is 5. The number of rotatable bonds is 11. The fourth-order valence-corrected chi connectivity index (χ4v) is 4.27. The summed E-state index contributed by atoms with van der Waals surface area (Å²) in [6.45, 7) is 10.8. The first-order valence-corrected chi connectivity index (χ1v) is 13.6. The Balaban J connectivity index is 2.08. The SMILES string of the molecule is CC(C)C(C)(CNC(=O)Nc1ccccc1)NC(=O)N[C@H](C(=O)N1CCC[C@H]1C(=O)NCC(=O)C(N)=O)C(C)(C)C. The molecule has 2 rings (SSSR count). The number of urea groups is 2. The third-order valence-electron chi connectivity index (χ3n) is 7.25. The Hall–Kier alpha value is -4.16. The van der Waals surface area contributed by atoms with Gasteiger partial charge in [0.25, 0.3) is 5.91 Å². The number of carbonyl (C=O) groups excluding carboxylic acids is 6. The topological polar surface area (TPSA) is 192 Å². The number of nitrogens with two attached hydrogens (primary N) is 1. The van der Waals surface area contributed by atoms with Crippen LogP contribution in [-0.2, 0) is 19.2 Å². The zero-order valence-corrected chi connectivity index (χ0v) is 24.6. The number of hydrogen-bond donors (Lipinski definition) is 6. The van der Waals surface area contributed by atoms with Gasteiger partial charge in [-0.3, -0.25) is 19.2 Å². The van der Waals surface area contributed by atoms with Crippen LogP contribution in [0.15, 0.2) is 30.3 Å². The minimum Gasteiger partial charge on any atom is -0.363 e. The molecule has 0 radical (unpaired) electrons. The highest BCUT2D eigenvalue weighted by molar-refractivity contribution is 6.36. The van der Waals surface area contributed by atoms with Crippen molar-refractivity contribution in [2.75, 3.05) is 25.0 Å². The van der Waals surface area contributed by atoms with Crippen LogP contribution in [0.4, 0.5) is 15.3 Å². The molecule has 0 spiro atoms. The lowest BCUT2D eigenvalue weighted by Crippen LogP contribution is -2.64. The van der Waals surface area contributed by atoms with E-state index in [1.807, 2.05) is 19.9 Å². The second kappa shape index (κ2) is 14.0. The van der Waals surface area contributed by atoms with Gasteiger partial charge in [-0.05, 0) is 43.2 Å². The van der Waals surface area contributed by atoms with Gasteiger partial charge in [-0.25, -0.2) is 9.59 Å². The molecule has 41 heavy (non-hydrogen) atoms. The summed E-state index contributed by atoms with van der Waals surface area (Å²) < 4.78 is 0. The van der Waals surface area contributed by atoms with E-state index in [2.05, 4.69) is 26.6 Å². The van der Waals surface area contributed by atoms with Crippen LogP contribution in [0.25, 0.3) is 0 Å². The van der Waals surface area contributed by atoms with Crippen molar-refractivity contribution < 1.29 is 28.8 Å². The quantitative estimate of drug-likeness (QED) is 0.215. The number of hydrogen-bond acceptors (Lipinski definition) is 6. The Morgan fingerprint density at radius 2 is 1.61 bits per heavy atom. The number of amides is 7. The number of anilines is 1. The Morgan fingerprint density at radius 1 is 0.976 bits per heavy atom. The summed E-state index contributed by atoms with van der Waals surface area (Å²) >= 11 is 0. The first-order valence-electron chi connectivity index (χ1n) is 13.6. The van der Waals surface area contributed by atoms with Gasteiger partial charge in [-0.2, -0.15) is 0 Å². The summed E-state index contributed by atoms with van der Waals surface area (Å²) in [6, 6.07) is 6.07. The van der Waals surface area contributed by atoms with Crippen molar-refractivity contribution in [3.8, 4) is 0 Å². The average Bonchev–Trinajstić information content (AvgIpc) is 3.38. The lowest BCUT2D eigenvalue weighted by Gasteiger charge is -2.38. The van der Waals surface area contributed by atoms with Gasteiger partial charge in [-0.15, -0.1) is 0 Å². The van der Waals surface area contributed by atoms with E-state index >= 15 is 0 Å². The van der Waals surface area contributed by atoms with E-state index in [0.29, 0.717) is 25.1 Å². The lowest BCUT2D eigenvalue weighted by atomic mass is 9.85. The number of nitrogens with zero attached hydrogens (tertiary/aromatic N) is 1. The standard InChI is InChI=1S/C28H43N7O6/c1-17(2)28(6,16-31-25(40)32-18-11-8-7-9-12-18)34-26(41)33-21(27(3,4)5)24(39)35-14-10-13-19(35)23(38)30-15-20(36)22(29)37/h7-9,11-12,17,19,21H,10,13-16H2,1-6H3,(H2,29,37)(H,30,38)(H2,31,32,40)(H2,33,34,41)/t19-,21+,28?/m0/s1. The van der Waals surface area contributed by atoms with E-state index < -0.39 is 65.1 Å². The van der Waals surface area contributed by atoms with Gasteiger partial charge in [0.05, 0.1) is 12.1 Å². The maximum Gasteiger partial charge on any atom is 0.319 e. The predicted octanol–water partition coefficient (Wildman–Crippen LogP) is 1.10. The van der Waals surface area contributed by atoms with Gasteiger partial charge in [0.2, 0.25) is 17.6 Å². The van der Waals surface area contributed by atoms with E-state index in [1.165, 1.54) is 4.90 Å². The molecule has 226 valence electrons. The molecule has 1 fully saturated rings. The first kappa shape index (κ1) is 33.0.